The van der Waals surface area contributed by atoms with E-state index in [1.165, 1.54) is 22.3 Å². The topological polar surface area (TPSA) is 149 Å². The number of aryl methyl sites for hydroxylation is 1. The average Bonchev–Trinajstić information content (AvgIpc) is 3.25. The molecule has 14 heteroatoms. The summed E-state index contributed by atoms with van der Waals surface area (Å²) in [7, 11) is -2.42. The number of amides is 4. The zero-order valence-corrected chi connectivity index (χ0v) is 21.7. The zero-order valence-electron chi connectivity index (χ0n) is 19.3. The fraction of sp³-hybridized carbons (Fsp3) is 0.261. The first-order chi connectivity index (χ1) is 17.7. The number of anilines is 1. The molecule has 0 spiro atoms. The summed E-state index contributed by atoms with van der Waals surface area (Å²) >= 11 is 7.21. The van der Waals surface area contributed by atoms with Gasteiger partial charge in [0, 0.05) is 32.6 Å². The summed E-state index contributed by atoms with van der Waals surface area (Å²) in [5.74, 6) is -0.640. The summed E-state index contributed by atoms with van der Waals surface area (Å²) < 4.78 is 24.5. The lowest BCUT2D eigenvalue weighted by Crippen LogP contribution is -2.50. The third-order valence-electron chi connectivity index (χ3n) is 5.74. The number of benzene rings is 2. The molecule has 3 N–H and O–H groups in total. The van der Waals surface area contributed by atoms with Gasteiger partial charge < -0.3 is 10.0 Å². The van der Waals surface area contributed by atoms with Crippen LogP contribution >= 0.6 is 22.9 Å². The number of rotatable bonds is 5. The van der Waals surface area contributed by atoms with E-state index in [1.54, 1.807) is 29.2 Å². The van der Waals surface area contributed by atoms with Gasteiger partial charge in [-0.15, -0.1) is 0 Å². The SMILES string of the molecule is O=C(NC(=O)c1ccccc1Cl)Nc1nc2ccc(CCC(N3CCN(C(=O)O)CC3)=S(=O)=O)cc2s1. The Hall–Kier alpha value is -3.52. The molecule has 2 aromatic carbocycles. The van der Waals surface area contributed by atoms with E-state index in [4.69, 9.17) is 16.7 Å². The summed E-state index contributed by atoms with van der Waals surface area (Å²) in [6, 6.07) is 11.1. The number of urea groups is 1. The molecule has 1 aromatic heterocycles. The largest absolute Gasteiger partial charge is 0.465 e. The smallest absolute Gasteiger partial charge is 0.407 e. The van der Waals surface area contributed by atoms with Crippen LogP contribution in [0.3, 0.4) is 0 Å². The Bertz CT molecular complexity index is 1490. The van der Waals surface area contributed by atoms with Crippen molar-refractivity contribution in [2.75, 3.05) is 31.5 Å². The van der Waals surface area contributed by atoms with Gasteiger partial charge in [-0.1, -0.05) is 41.1 Å². The summed E-state index contributed by atoms with van der Waals surface area (Å²) in [6.45, 7) is 1.13. The first kappa shape index (κ1) is 26.5. The van der Waals surface area contributed by atoms with Crippen molar-refractivity contribution in [3.05, 3.63) is 58.6 Å². The molecule has 1 aliphatic heterocycles. The fourth-order valence-electron chi connectivity index (χ4n) is 3.87. The summed E-state index contributed by atoms with van der Waals surface area (Å²) in [5.41, 5.74) is 1.70. The lowest BCUT2D eigenvalue weighted by molar-refractivity contribution is 0.0967. The van der Waals surface area contributed by atoms with Crippen LogP contribution < -0.4 is 10.6 Å². The number of nitrogens with zero attached hydrogens (tertiary/aromatic N) is 3. The van der Waals surface area contributed by atoms with Gasteiger partial charge >= 0.3 is 12.1 Å². The second-order valence-corrected chi connectivity index (χ2v) is 10.5. The Morgan fingerprint density at radius 1 is 1.05 bits per heavy atom. The molecule has 1 saturated heterocycles. The number of aromatic nitrogens is 1. The first-order valence-corrected chi connectivity index (χ1v) is 13.4. The molecule has 4 amide bonds. The van der Waals surface area contributed by atoms with Crippen molar-refractivity contribution in [3.63, 3.8) is 0 Å². The lowest BCUT2D eigenvalue weighted by atomic mass is 10.1. The van der Waals surface area contributed by atoms with Gasteiger partial charge in [-0.25, -0.2) is 14.6 Å². The molecule has 37 heavy (non-hydrogen) atoms. The van der Waals surface area contributed by atoms with Crippen molar-refractivity contribution in [1.29, 1.82) is 0 Å². The van der Waals surface area contributed by atoms with Crippen LogP contribution in [0.2, 0.25) is 5.02 Å². The molecular formula is C23H22ClN5O6S2. The third-order valence-corrected chi connectivity index (χ3v) is 7.85. The Labute approximate surface area is 222 Å². The zero-order chi connectivity index (χ0) is 26.5. The van der Waals surface area contributed by atoms with Gasteiger partial charge in [-0.2, -0.15) is 8.42 Å². The molecule has 3 aromatic rings. The fourth-order valence-corrected chi connectivity index (χ4v) is 5.68. The van der Waals surface area contributed by atoms with E-state index < -0.39 is 28.3 Å². The van der Waals surface area contributed by atoms with Gasteiger partial charge in [0.05, 0.1) is 20.8 Å². The molecule has 0 bridgehead atoms. The Kier molecular flexibility index (Phi) is 8.38. The van der Waals surface area contributed by atoms with Crippen LogP contribution in [0.15, 0.2) is 42.5 Å². The molecule has 0 saturated carbocycles. The normalized spacial score (nSPS) is 13.8. The standard InChI is InChI=1S/C23H22ClN5O6S2/c24-16-4-2-1-3-15(16)20(30)26-21(31)27-22-25-17-7-5-14(13-18(17)36-22)6-8-19(37(34)35)28-9-11-29(12-10-28)23(32)33/h1-5,7,13H,6,8-12H2,(H,32,33)(H2,25,26,27,30,31). The number of nitrogens with one attached hydrogen (secondary N) is 2. The number of carboxylic acid groups (broad SMARTS) is 1. The molecule has 1 aliphatic rings. The van der Waals surface area contributed by atoms with E-state index in [0.717, 1.165) is 10.3 Å². The van der Waals surface area contributed by atoms with Gasteiger partial charge in [0.2, 0.25) is 10.3 Å². The van der Waals surface area contributed by atoms with Crippen molar-refractivity contribution >= 4 is 71.6 Å². The molecule has 1 fully saturated rings. The first-order valence-electron chi connectivity index (χ1n) is 11.2. The van der Waals surface area contributed by atoms with Gasteiger partial charge in [0.1, 0.15) is 4.99 Å². The quantitative estimate of drug-likeness (QED) is 0.401. The Morgan fingerprint density at radius 2 is 1.76 bits per heavy atom. The maximum Gasteiger partial charge on any atom is 0.407 e. The van der Waals surface area contributed by atoms with Crippen LogP contribution in [0.5, 0.6) is 0 Å². The summed E-state index contributed by atoms with van der Waals surface area (Å²) in [5, 5.41) is 14.4. The molecule has 0 aliphatic carbocycles. The Morgan fingerprint density at radius 3 is 2.43 bits per heavy atom. The average molecular weight is 564 g/mol. The van der Waals surface area contributed by atoms with Crippen molar-refractivity contribution in [2.24, 2.45) is 0 Å². The number of hydrogen-bond acceptors (Lipinski definition) is 7. The number of piperazine rings is 1. The highest BCUT2D eigenvalue weighted by Gasteiger charge is 2.24. The van der Waals surface area contributed by atoms with E-state index in [-0.39, 0.29) is 35.1 Å². The molecule has 4 rings (SSSR count). The molecule has 0 atom stereocenters. The van der Waals surface area contributed by atoms with E-state index in [2.05, 4.69) is 15.6 Å². The highest BCUT2D eigenvalue weighted by atomic mass is 35.5. The van der Waals surface area contributed by atoms with E-state index in [1.807, 2.05) is 12.1 Å². The summed E-state index contributed by atoms with van der Waals surface area (Å²) in [4.78, 5) is 43.2. The van der Waals surface area contributed by atoms with Gasteiger partial charge in [0.25, 0.3) is 5.91 Å². The predicted octanol–water partition coefficient (Wildman–Crippen LogP) is 3.15. The minimum absolute atomic E-state index is 0.173. The van der Waals surface area contributed by atoms with E-state index in [0.29, 0.717) is 30.2 Å². The number of carbonyl (C=O) groups is 3. The molecular weight excluding hydrogens is 542 g/mol. The Balaban J connectivity index is 1.37. The monoisotopic (exact) mass is 563 g/mol. The van der Waals surface area contributed by atoms with Gasteiger partial charge in [-0.3, -0.25) is 20.3 Å². The lowest BCUT2D eigenvalue weighted by Gasteiger charge is -2.32. The number of imide groups is 1. The molecule has 194 valence electrons. The van der Waals surface area contributed by atoms with Crippen LogP contribution in [0, 0.1) is 0 Å². The minimum Gasteiger partial charge on any atom is -0.465 e. The number of thiazole rings is 1. The molecule has 11 nitrogen and oxygen atoms in total. The van der Waals surface area contributed by atoms with Crippen LogP contribution in [0.4, 0.5) is 14.7 Å². The number of halogens is 1. The van der Waals surface area contributed by atoms with Crippen LogP contribution in [0.25, 0.3) is 10.2 Å². The van der Waals surface area contributed by atoms with Crippen molar-refractivity contribution in [2.45, 2.75) is 12.8 Å². The molecule has 0 unspecified atom stereocenters. The number of hydrogen-bond donors (Lipinski definition) is 3. The number of carbonyl (C=O) groups excluding carboxylic acids is 2. The highest BCUT2D eigenvalue weighted by Crippen LogP contribution is 2.27. The second kappa shape index (κ2) is 11.7. The van der Waals surface area contributed by atoms with Gasteiger partial charge in [-0.05, 0) is 36.2 Å². The second-order valence-electron chi connectivity index (χ2n) is 8.09. The molecule has 0 radical (unpaired) electrons. The maximum atomic E-state index is 12.3. The highest BCUT2D eigenvalue weighted by molar-refractivity contribution is 7.72. The predicted molar refractivity (Wildman–Crippen MR) is 141 cm³/mol. The van der Waals surface area contributed by atoms with Crippen molar-refractivity contribution < 1.29 is 27.9 Å². The molecule has 2 heterocycles. The summed E-state index contributed by atoms with van der Waals surface area (Å²) in [6.07, 6.45) is -0.294. The van der Waals surface area contributed by atoms with Crippen molar-refractivity contribution in [1.82, 2.24) is 20.1 Å². The van der Waals surface area contributed by atoms with Crippen LogP contribution in [-0.2, 0) is 16.7 Å². The van der Waals surface area contributed by atoms with E-state index >= 15 is 0 Å². The van der Waals surface area contributed by atoms with Crippen LogP contribution in [-0.4, -0.2) is 77.5 Å². The number of fused-ring (bicyclic) bond motifs is 1. The van der Waals surface area contributed by atoms with E-state index in [9.17, 15) is 22.8 Å². The minimum atomic E-state index is -2.42. The van der Waals surface area contributed by atoms with Crippen LogP contribution in [0.1, 0.15) is 22.3 Å². The maximum absolute atomic E-state index is 12.3. The van der Waals surface area contributed by atoms with Crippen molar-refractivity contribution in [3.8, 4) is 0 Å². The van der Waals surface area contributed by atoms with Gasteiger partial charge in [0.15, 0.2) is 5.13 Å². The third kappa shape index (κ3) is 6.63.